The summed E-state index contributed by atoms with van der Waals surface area (Å²) < 4.78 is 22.7. The van der Waals surface area contributed by atoms with Crippen LogP contribution in [-0.2, 0) is 30.6 Å². The second-order valence-corrected chi connectivity index (χ2v) is 9.75. The molecule has 30 heavy (non-hydrogen) atoms. The first-order valence-electron chi connectivity index (χ1n) is 9.66. The molecule has 0 spiro atoms. The van der Waals surface area contributed by atoms with Gasteiger partial charge in [0, 0.05) is 23.9 Å². The maximum atomic E-state index is 12.5. The lowest BCUT2D eigenvalue weighted by Gasteiger charge is -2.35. The third-order valence-corrected chi connectivity index (χ3v) is 6.27. The molecule has 7 nitrogen and oxygen atoms in total. The van der Waals surface area contributed by atoms with Gasteiger partial charge in [-0.1, -0.05) is 31.2 Å². The maximum Gasteiger partial charge on any atom is 0.255 e. The van der Waals surface area contributed by atoms with Gasteiger partial charge in [0.1, 0.15) is 0 Å². The molecule has 1 aliphatic heterocycles. The van der Waals surface area contributed by atoms with E-state index in [1.165, 1.54) is 0 Å². The molecule has 2 aromatic carbocycles. The predicted octanol–water partition coefficient (Wildman–Crippen LogP) is 2.57. The normalized spacial score (nSPS) is 19.3. The molecule has 0 bridgehead atoms. The number of piperidine rings is 1. The van der Waals surface area contributed by atoms with E-state index in [2.05, 4.69) is 10.6 Å². The molecule has 1 atom stereocenters. The van der Waals surface area contributed by atoms with E-state index in [4.69, 9.17) is 0 Å². The van der Waals surface area contributed by atoms with Gasteiger partial charge in [-0.25, -0.2) is 8.42 Å². The second-order valence-electron chi connectivity index (χ2n) is 7.61. The van der Waals surface area contributed by atoms with E-state index in [0.717, 1.165) is 11.8 Å². The van der Waals surface area contributed by atoms with Gasteiger partial charge in [0.05, 0.1) is 11.2 Å². The molecule has 3 amide bonds. The summed E-state index contributed by atoms with van der Waals surface area (Å²) in [6.45, 7) is 1.92. The first kappa shape index (κ1) is 21.7. The molecule has 1 heterocycles. The van der Waals surface area contributed by atoms with E-state index < -0.39 is 15.3 Å². The van der Waals surface area contributed by atoms with Crippen molar-refractivity contribution in [2.75, 3.05) is 11.6 Å². The van der Waals surface area contributed by atoms with E-state index in [1.54, 1.807) is 48.5 Å². The van der Waals surface area contributed by atoms with Gasteiger partial charge in [0.15, 0.2) is 9.84 Å². The van der Waals surface area contributed by atoms with E-state index in [1.807, 2.05) is 6.92 Å². The van der Waals surface area contributed by atoms with Gasteiger partial charge in [-0.2, -0.15) is 0 Å². The molecular weight excluding hydrogens is 404 g/mol. The van der Waals surface area contributed by atoms with Crippen LogP contribution in [0.1, 0.15) is 47.7 Å². The summed E-state index contributed by atoms with van der Waals surface area (Å²) in [6.07, 6.45) is 2.49. The van der Waals surface area contributed by atoms with Gasteiger partial charge in [0.2, 0.25) is 11.8 Å². The molecule has 8 heteroatoms. The SMILES string of the molecule is CCC1(c2ccc(NC(=O)c3ccc(CS(C)(=O)=O)cc3)cc2)CCC(=O)NC1=O. The third-order valence-electron chi connectivity index (χ3n) is 5.41. The number of hydrogen-bond acceptors (Lipinski definition) is 5. The highest BCUT2D eigenvalue weighted by Crippen LogP contribution is 2.36. The van der Waals surface area contributed by atoms with Crippen molar-refractivity contribution in [3.05, 3.63) is 65.2 Å². The second kappa shape index (κ2) is 8.39. The third kappa shape index (κ3) is 4.76. The molecule has 1 aliphatic rings. The average Bonchev–Trinajstić information content (AvgIpc) is 2.68. The zero-order valence-corrected chi connectivity index (χ0v) is 17.7. The summed E-state index contributed by atoms with van der Waals surface area (Å²) in [7, 11) is -3.13. The molecule has 1 saturated heterocycles. The Morgan fingerprint density at radius 1 is 1.07 bits per heavy atom. The Labute approximate surface area is 175 Å². The molecule has 0 radical (unpaired) electrons. The highest BCUT2D eigenvalue weighted by atomic mass is 32.2. The molecular formula is C22H24N2O5S. The van der Waals surface area contributed by atoms with E-state index >= 15 is 0 Å². The highest BCUT2D eigenvalue weighted by molar-refractivity contribution is 7.89. The van der Waals surface area contributed by atoms with E-state index in [9.17, 15) is 22.8 Å². The van der Waals surface area contributed by atoms with Gasteiger partial charge < -0.3 is 5.32 Å². The van der Waals surface area contributed by atoms with Gasteiger partial charge >= 0.3 is 0 Å². The van der Waals surface area contributed by atoms with Crippen LogP contribution < -0.4 is 10.6 Å². The molecule has 158 valence electrons. The fraction of sp³-hybridized carbons (Fsp3) is 0.318. The molecule has 0 aromatic heterocycles. The summed E-state index contributed by atoms with van der Waals surface area (Å²) in [5.41, 5.74) is 1.66. The Bertz CT molecular complexity index is 1080. The van der Waals surface area contributed by atoms with Crippen LogP contribution >= 0.6 is 0 Å². The van der Waals surface area contributed by atoms with Crippen molar-refractivity contribution in [3.63, 3.8) is 0 Å². The molecule has 2 aromatic rings. The van der Waals surface area contributed by atoms with Crippen LogP contribution in [0, 0.1) is 0 Å². The highest BCUT2D eigenvalue weighted by Gasteiger charge is 2.42. The van der Waals surface area contributed by atoms with Crippen LogP contribution in [0.3, 0.4) is 0 Å². The standard InChI is InChI=1S/C22H24N2O5S/c1-3-22(13-12-19(25)24-21(22)27)17-8-10-18(11-9-17)23-20(26)16-6-4-15(5-7-16)14-30(2,28)29/h4-11H,3,12-14H2,1-2H3,(H,23,26)(H,24,25,27). The van der Waals surface area contributed by atoms with Crippen molar-refractivity contribution < 1.29 is 22.8 Å². The van der Waals surface area contributed by atoms with Gasteiger partial charge in [0.25, 0.3) is 5.91 Å². The molecule has 1 fully saturated rings. The molecule has 1 unspecified atom stereocenters. The Kier molecular flexibility index (Phi) is 6.07. The van der Waals surface area contributed by atoms with E-state index in [0.29, 0.717) is 36.1 Å². The van der Waals surface area contributed by atoms with Gasteiger partial charge in [-0.3, -0.25) is 19.7 Å². The lowest BCUT2D eigenvalue weighted by Crippen LogP contribution is -2.51. The van der Waals surface area contributed by atoms with Crippen molar-refractivity contribution >= 4 is 33.2 Å². The summed E-state index contributed by atoms with van der Waals surface area (Å²) in [6, 6.07) is 13.4. The number of nitrogens with one attached hydrogen (secondary N) is 2. The quantitative estimate of drug-likeness (QED) is 0.687. The number of rotatable bonds is 6. The zero-order valence-electron chi connectivity index (χ0n) is 16.9. The lowest BCUT2D eigenvalue weighted by atomic mass is 9.72. The van der Waals surface area contributed by atoms with Crippen LogP contribution in [0.15, 0.2) is 48.5 Å². The van der Waals surface area contributed by atoms with Crippen molar-refractivity contribution in [3.8, 4) is 0 Å². The van der Waals surface area contributed by atoms with Crippen molar-refractivity contribution in [1.29, 1.82) is 0 Å². The Hall–Kier alpha value is -3.00. The van der Waals surface area contributed by atoms with Crippen LogP contribution in [0.5, 0.6) is 0 Å². The van der Waals surface area contributed by atoms with Crippen molar-refractivity contribution in [2.45, 2.75) is 37.4 Å². The minimum atomic E-state index is -3.13. The first-order chi connectivity index (χ1) is 14.1. The summed E-state index contributed by atoms with van der Waals surface area (Å²) in [5.74, 6) is -0.933. The fourth-order valence-electron chi connectivity index (χ4n) is 3.70. The molecule has 0 saturated carbocycles. The van der Waals surface area contributed by atoms with Gasteiger partial charge in [-0.05, 0) is 48.2 Å². The average molecular weight is 429 g/mol. The minimum absolute atomic E-state index is 0.0747. The van der Waals surface area contributed by atoms with Crippen LogP contribution in [-0.4, -0.2) is 32.4 Å². The summed E-state index contributed by atoms with van der Waals surface area (Å²) in [4.78, 5) is 36.5. The minimum Gasteiger partial charge on any atom is -0.322 e. The number of sulfone groups is 1. The number of amides is 3. The van der Waals surface area contributed by atoms with Crippen LogP contribution in [0.2, 0.25) is 0 Å². The molecule has 2 N–H and O–H groups in total. The fourth-order valence-corrected chi connectivity index (χ4v) is 4.50. The monoisotopic (exact) mass is 428 g/mol. The number of hydrogen-bond donors (Lipinski definition) is 2. The molecule has 3 rings (SSSR count). The molecule has 0 aliphatic carbocycles. The predicted molar refractivity (Wildman–Crippen MR) is 114 cm³/mol. The Morgan fingerprint density at radius 3 is 2.23 bits per heavy atom. The Balaban J connectivity index is 1.71. The summed E-state index contributed by atoms with van der Waals surface area (Å²) in [5, 5.41) is 5.21. The van der Waals surface area contributed by atoms with Gasteiger partial charge in [-0.15, -0.1) is 0 Å². The maximum absolute atomic E-state index is 12.5. The lowest BCUT2D eigenvalue weighted by molar-refractivity contribution is -0.138. The van der Waals surface area contributed by atoms with Crippen LogP contribution in [0.25, 0.3) is 0 Å². The Morgan fingerprint density at radius 2 is 1.70 bits per heavy atom. The van der Waals surface area contributed by atoms with Crippen molar-refractivity contribution in [2.24, 2.45) is 0 Å². The number of carbonyl (C=O) groups is 3. The van der Waals surface area contributed by atoms with Crippen LogP contribution in [0.4, 0.5) is 5.69 Å². The van der Waals surface area contributed by atoms with Crippen molar-refractivity contribution in [1.82, 2.24) is 5.32 Å². The van der Waals surface area contributed by atoms with E-state index in [-0.39, 0.29) is 23.5 Å². The zero-order chi connectivity index (χ0) is 21.9. The smallest absolute Gasteiger partial charge is 0.255 e. The number of imide groups is 1. The first-order valence-corrected chi connectivity index (χ1v) is 11.7. The largest absolute Gasteiger partial charge is 0.322 e. The summed E-state index contributed by atoms with van der Waals surface area (Å²) >= 11 is 0. The number of benzene rings is 2. The number of carbonyl (C=O) groups excluding carboxylic acids is 3. The number of anilines is 1. The topological polar surface area (TPSA) is 109 Å².